The molecule has 18 heavy (non-hydrogen) atoms. The van der Waals surface area contributed by atoms with E-state index in [-0.39, 0.29) is 5.91 Å². The lowest BCUT2D eigenvalue weighted by Crippen LogP contribution is -2.31. The van der Waals surface area contributed by atoms with E-state index < -0.39 is 0 Å². The highest BCUT2D eigenvalue weighted by Crippen LogP contribution is 2.18. The Kier molecular flexibility index (Phi) is 3.71. The Bertz CT molecular complexity index is 587. The molecular formula is C13H16BrN3O. The summed E-state index contributed by atoms with van der Waals surface area (Å²) in [7, 11) is 0. The highest BCUT2D eigenvalue weighted by Gasteiger charge is 2.20. The summed E-state index contributed by atoms with van der Waals surface area (Å²) in [5.74, 6) is 0.0306. The van der Waals surface area contributed by atoms with Gasteiger partial charge in [-0.15, -0.1) is 0 Å². The molecule has 2 aromatic heterocycles. The molecule has 4 nitrogen and oxygen atoms in total. The number of hydrogen-bond donors (Lipinski definition) is 0. The highest BCUT2D eigenvalue weighted by molar-refractivity contribution is 9.10. The molecule has 0 aliphatic carbocycles. The summed E-state index contributed by atoms with van der Waals surface area (Å²) in [5.41, 5.74) is 2.21. The zero-order valence-electron chi connectivity index (χ0n) is 10.8. The predicted molar refractivity (Wildman–Crippen MR) is 74.9 cm³/mol. The minimum Gasteiger partial charge on any atom is -0.338 e. The van der Waals surface area contributed by atoms with Crippen molar-refractivity contribution < 1.29 is 4.79 Å². The molecule has 0 fully saturated rings. The highest BCUT2D eigenvalue weighted by atomic mass is 79.9. The molecule has 0 radical (unpaired) electrons. The van der Waals surface area contributed by atoms with Crippen LogP contribution in [-0.2, 0) is 0 Å². The molecule has 0 N–H and O–H groups in total. The van der Waals surface area contributed by atoms with E-state index in [1.165, 1.54) is 0 Å². The van der Waals surface area contributed by atoms with Crippen LogP contribution in [0.5, 0.6) is 0 Å². The number of rotatable bonds is 3. The summed E-state index contributed by atoms with van der Waals surface area (Å²) in [6.07, 6.45) is 1.88. The zero-order valence-corrected chi connectivity index (χ0v) is 12.4. The van der Waals surface area contributed by atoms with Crippen molar-refractivity contribution in [2.75, 3.05) is 13.1 Å². The molecule has 2 heterocycles. The summed E-state index contributed by atoms with van der Waals surface area (Å²) in [6, 6.07) is 3.82. The van der Waals surface area contributed by atoms with E-state index in [1.807, 2.05) is 43.5 Å². The average Bonchev–Trinajstić information content (AvgIpc) is 2.65. The molecule has 96 valence electrons. The molecule has 0 atom stereocenters. The first-order chi connectivity index (χ1) is 8.58. The lowest BCUT2D eigenvalue weighted by molar-refractivity contribution is 0.0765. The van der Waals surface area contributed by atoms with Gasteiger partial charge in [-0.05, 0) is 48.8 Å². The summed E-state index contributed by atoms with van der Waals surface area (Å²) in [4.78, 5) is 18.7. The van der Waals surface area contributed by atoms with Crippen molar-refractivity contribution in [2.24, 2.45) is 0 Å². The van der Waals surface area contributed by atoms with Crippen molar-refractivity contribution in [3.63, 3.8) is 0 Å². The second-order valence-electron chi connectivity index (χ2n) is 4.10. The van der Waals surface area contributed by atoms with Gasteiger partial charge in [0, 0.05) is 23.8 Å². The number of pyridine rings is 1. The van der Waals surface area contributed by atoms with Crippen LogP contribution in [0, 0.1) is 6.92 Å². The van der Waals surface area contributed by atoms with E-state index in [2.05, 4.69) is 20.9 Å². The maximum absolute atomic E-state index is 12.5. The topological polar surface area (TPSA) is 37.6 Å². The van der Waals surface area contributed by atoms with E-state index in [1.54, 1.807) is 4.90 Å². The Hall–Kier alpha value is -1.36. The van der Waals surface area contributed by atoms with Gasteiger partial charge in [0.1, 0.15) is 11.3 Å². The van der Waals surface area contributed by atoms with Gasteiger partial charge in [0.15, 0.2) is 0 Å². The van der Waals surface area contributed by atoms with Crippen molar-refractivity contribution in [3.8, 4) is 0 Å². The lowest BCUT2D eigenvalue weighted by atomic mass is 10.3. The number of carbonyl (C=O) groups excluding carboxylic acids is 1. The molecule has 0 spiro atoms. The maximum Gasteiger partial charge on any atom is 0.272 e. The second-order valence-corrected chi connectivity index (χ2v) is 5.01. The molecule has 0 aliphatic rings. The number of nitrogens with zero attached hydrogens (tertiary/aromatic N) is 3. The number of hydrogen-bond acceptors (Lipinski definition) is 2. The van der Waals surface area contributed by atoms with Gasteiger partial charge < -0.3 is 4.90 Å². The Labute approximate surface area is 115 Å². The molecule has 0 saturated carbocycles. The zero-order chi connectivity index (χ0) is 13.3. The first-order valence-corrected chi connectivity index (χ1v) is 6.81. The molecular weight excluding hydrogens is 294 g/mol. The monoisotopic (exact) mass is 309 g/mol. The number of imidazole rings is 1. The minimum atomic E-state index is 0.0306. The molecule has 1 amide bonds. The van der Waals surface area contributed by atoms with Gasteiger partial charge in [-0.25, -0.2) is 4.98 Å². The molecule has 5 heteroatoms. The summed E-state index contributed by atoms with van der Waals surface area (Å²) < 4.78 is 2.78. The average molecular weight is 310 g/mol. The van der Waals surface area contributed by atoms with Gasteiger partial charge >= 0.3 is 0 Å². The van der Waals surface area contributed by atoms with Gasteiger partial charge in [-0.1, -0.05) is 0 Å². The van der Waals surface area contributed by atoms with Crippen molar-refractivity contribution in [1.82, 2.24) is 14.3 Å². The van der Waals surface area contributed by atoms with E-state index in [0.29, 0.717) is 18.8 Å². The van der Waals surface area contributed by atoms with Gasteiger partial charge in [0.2, 0.25) is 0 Å². The van der Waals surface area contributed by atoms with Crippen LogP contribution in [-0.4, -0.2) is 33.3 Å². The van der Waals surface area contributed by atoms with E-state index in [0.717, 1.165) is 15.8 Å². The first kappa shape index (κ1) is 13.1. The third-order valence-electron chi connectivity index (χ3n) is 3.01. The summed E-state index contributed by atoms with van der Waals surface area (Å²) in [5, 5.41) is 0. The van der Waals surface area contributed by atoms with Crippen LogP contribution >= 0.6 is 15.9 Å². The predicted octanol–water partition coefficient (Wildman–Crippen LogP) is 2.89. The van der Waals surface area contributed by atoms with Crippen LogP contribution < -0.4 is 0 Å². The van der Waals surface area contributed by atoms with E-state index >= 15 is 0 Å². The second kappa shape index (κ2) is 5.10. The van der Waals surface area contributed by atoms with Crippen molar-refractivity contribution in [3.05, 3.63) is 34.2 Å². The summed E-state index contributed by atoms with van der Waals surface area (Å²) >= 11 is 3.42. The largest absolute Gasteiger partial charge is 0.338 e. The number of aryl methyl sites for hydroxylation is 1. The standard InChI is InChI=1S/C13H16BrN3O/c1-4-16(5-2)13(18)12-9(3)15-11-7-6-10(14)8-17(11)12/h6-8H,4-5H2,1-3H3. The smallest absolute Gasteiger partial charge is 0.272 e. The Morgan fingerprint density at radius 1 is 1.39 bits per heavy atom. The number of halogens is 1. The third-order valence-corrected chi connectivity index (χ3v) is 3.48. The van der Waals surface area contributed by atoms with Crippen LogP contribution in [0.1, 0.15) is 30.0 Å². The van der Waals surface area contributed by atoms with Crippen LogP contribution in [0.25, 0.3) is 5.65 Å². The number of carbonyl (C=O) groups is 1. The van der Waals surface area contributed by atoms with Crippen LogP contribution in [0.3, 0.4) is 0 Å². The van der Waals surface area contributed by atoms with Crippen molar-refractivity contribution in [1.29, 1.82) is 0 Å². The normalized spacial score (nSPS) is 10.9. The quantitative estimate of drug-likeness (QED) is 0.874. The summed E-state index contributed by atoms with van der Waals surface area (Å²) in [6.45, 7) is 7.25. The fourth-order valence-electron chi connectivity index (χ4n) is 2.05. The molecule has 2 rings (SSSR count). The number of fused-ring (bicyclic) bond motifs is 1. The third kappa shape index (κ3) is 2.14. The van der Waals surface area contributed by atoms with Crippen molar-refractivity contribution >= 4 is 27.5 Å². The van der Waals surface area contributed by atoms with E-state index in [4.69, 9.17) is 0 Å². The molecule has 0 unspecified atom stereocenters. The molecule has 0 saturated heterocycles. The Morgan fingerprint density at radius 2 is 2.06 bits per heavy atom. The van der Waals surface area contributed by atoms with Crippen LogP contribution in [0.2, 0.25) is 0 Å². The number of aromatic nitrogens is 2. The number of amides is 1. The first-order valence-electron chi connectivity index (χ1n) is 6.02. The van der Waals surface area contributed by atoms with Gasteiger partial charge in [0.25, 0.3) is 5.91 Å². The maximum atomic E-state index is 12.5. The fourth-order valence-corrected chi connectivity index (χ4v) is 2.39. The molecule has 0 aliphatic heterocycles. The Morgan fingerprint density at radius 3 is 2.67 bits per heavy atom. The van der Waals surface area contributed by atoms with Crippen LogP contribution in [0.15, 0.2) is 22.8 Å². The van der Waals surface area contributed by atoms with Crippen molar-refractivity contribution in [2.45, 2.75) is 20.8 Å². The van der Waals surface area contributed by atoms with E-state index in [9.17, 15) is 4.79 Å². The van der Waals surface area contributed by atoms with Crippen LogP contribution in [0.4, 0.5) is 0 Å². The SMILES string of the molecule is CCN(CC)C(=O)c1c(C)nc2ccc(Br)cn12. The molecule has 0 bridgehead atoms. The van der Waals surface area contributed by atoms with Gasteiger partial charge in [-0.2, -0.15) is 0 Å². The van der Waals surface area contributed by atoms with Gasteiger partial charge in [-0.3, -0.25) is 9.20 Å². The van der Waals surface area contributed by atoms with Gasteiger partial charge in [0.05, 0.1) is 5.69 Å². The fraction of sp³-hybridized carbons (Fsp3) is 0.385. The molecule has 2 aromatic rings. The Balaban J connectivity index is 2.59. The minimum absolute atomic E-state index is 0.0306. The lowest BCUT2D eigenvalue weighted by Gasteiger charge is -2.18. The molecule has 0 aromatic carbocycles.